The number of pyridine rings is 1. The van der Waals surface area contributed by atoms with Crippen LogP contribution in [0, 0.1) is 6.92 Å². The van der Waals surface area contributed by atoms with Gasteiger partial charge in [-0.1, -0.05) is 36.4 Å². The molecule has 1 aliphatic heterocycles. The van der Waals surface area contributed by atoms with Gasteiger partial charge in [0.15, 0.2) is 5.65 Å². The fourth-order valence-corrected chi connectivity index (χ4v) is 4.74. The van der Waals surface area contributed by atoms with Crippen LogP contribution in [-0.4, -0.2) is 44.7 Å². The number of fused-ring (bicyclic) bond motifs is 1. The molecule has 1 aliphatic rings. The van der Waals surface area contributed by atoms with Crippen molar-refractivity contribution in [2.45, 2.75) is 46.2 Å². The Balaban J connectivity index is 1.39. The average Bonchev–Trinajstić information content (AvgIpc) is 3.58. The third-order valence-electron chi connectivity index (χ3n) is 6.75. The molecule has 8 heteroatoms. The van der Waals surface area contributed by atoms with Gasteiger partial charge in [0.2, 0.25) is 0 Å². The number of aromatic nitrogens is 3. The minimum Gasteiger partial charge on any atom is -0.348 e. The molecule has 0 spiro atoms. The number of urea groups is 1. The van der Waals surface area contributed by atoms with E-state index in [1.807, 2.05) is 85.0 Å². The third kappa shape index (κ3) is 5.18. The highest BCUT2D eigenvalue weighted by Crippen LogP contribution is 2.28. The van der Waals surface area contributed by atoms with Crippen LogP contribution in [0.2, 0.25) is 0 Å². The maximum absolute atomic E-state index is 13.5. The minimum atomic E-state index is -0.197. The molecule has 0 aliphatic carbocycles. The van der Waals surface area contributed by atoms with E-state index in [0.717, 1.165) is 59.4 Å². The molecule has 0 atom stereocenters. The second kappa shape index (κ2) is 10.4. The van der Waals surface area contributed by atoms with E-state index in [0.29, 0.717) is 17.8 Å². The summed E-state index contributed by atoms with van der Waals surface area (Å²) in [5, 5.41) is 11.2. The van der Waals surface area contributed by atoms with Crippen molar-refractivity contribution in [1.29, 1.82) is 0 Å². The summed E-state index contributed by atoms with van der Waals surface area (Å²) in [7, 11) is 0. The highest BCUT2D eigenvalue weighted by Gasteiger charge is 2.20. The van der Waals surface area contributed by atoms with Crippen LogP contribution in [0.1, 0.15) is 54.2 Å². The first kappa shape index (κ1) is 24.5. The molecule has 1 fully saturated rings. The molecule has 0 unspecified atom stereocenters. The van der Waals surface area contributed by atoms with Crippen molar-refractivity contribution in [3.05, 3.63) is 77.5 Å². The molecule has 0 saturated carbocycles. The van der Waals surface area contributed by atoms with Crippen LogP contribution < -0.4 is 10.6 Å². The predicted octanol–water partition coefficient (Wildman–Crippen LogP) is 5.55. The van der Waals surface area contributed by atoms with Crippen LogP contribution in [0.3, 0.4) is 0 Å². The molecule has 2 aromatic carbocycles. The van der Waals surface area contributed by atoms with Crippen molar-refractivity contribution >= 4 is 28.7 Å². The van der Waals surface area contributed by atoms with Crippen molar-refractivity contribution in [1.82, 2.24) is 25.0 Å². The smallest absolute Gasteiger partial charge is 0.321 e. The molecular weight excluding hydrogens is 464 g/mol. The topological polar surface area (TPSA) is 92.2 Å². The molecule has 3 heterocycles. The molecule has 2 aromatic heterocycles. The molecule has 0 radical (unpaired) electrons. The predicted molar refractivity (Wildman–Crippen MR) is 146 cm³/mol. The van der Waals surface area contributed by atoms with Crippen molar-refractivity contribution in [3.63, 3.8) is 0 Å². The van der Waals surface area contributed by atoms with E-state index in [-0.39, 0.29) is 18.0 Å². The van der Waals surface area contributed by atoms with Crippen LogP contribution in [0.25, 0.3) is 22.3 Å². The normalized spacial score (nSPS) is 13.4. The summed E-state index contributed by atoms with van der Waals surface area (Å²) in [5.41, 5.74) is 5.65. The van der Waals surface area contributed by atoms with E-state index >= 15 is 0 Å². The third-order valence-corrected chi connectivity index (χ3v) is 6.75. The van der Waals surface area contributed by atoms with E-state index in [2.05, 4.69) is 15.7 Å². The summed E-state index contributed by atoms with van der Waals surface area (Å²) >= 11 is 0. The van der Waals surface area contributed by atoms with Gasteiger partial charge in [-0.15, -0.1) is 0 Å². The van der Waals surface area contributed by atoms with Gasteiger partial charge >= 0.3 is 6.03 Å². The van der Waals surface area contributed by atoms with E-state index in [9.17, 15) is 9.59 Å². The van der Waals surface area contributed by atoms with E-state index < -0.39 is 0 Å². The largest absolute Gasteiger partial charge is 0.348 e. The quantitative estimate of drug-likeness (QED) is 0.366. The zero-order chi connectivity index (χ0) is 25.9. The number of rotatable bonds is 6. The minimum absolute atomic E-state index is 0.0798. The molecule has 4 aromatic rings. The van der Waals surface area contributed by atoms with Crippen LogP contribution >= 0.6 is 0 Å². The maximum Gasteiger partial charge on any atom is 0.321 e. The molecule has 37 heavy (non-hydrogen) atoms. The Morgan fingerprint density at radius 2 is 1.81 bits per heavy atom. The molecular formula is C29H32N6O2. The van der Waals surface area contributed by atoms with Crippen molar-refractivity contribution in [2.75, 3.05) is 18.4 Å². The Bertz CT molecular complexity index is 1450. The molecule has 2 N–H and O–H groups in total. The second-order valence-electron chi connectivity index (χ2n) is 9.80. The number of nitrogens with zero attached hydrogens (tertiary/aromatic N) is 4. The SMILES string of the molecule is Cc1ccccc1-c1cc(C(=O)NCc2cccc(NC(=O)N3CCCC3)c2)c2cnn(C(C)C)c2n1. The standard InChI is InChI=1S/C29H32N6O2/c1-19(2)35-27-25(18-31-35)24(16-26(33-27)23-12-5-4-9-20(23)3)28(36)30-17-21-10-8-11-22(15-21)32-29(37)34-13-6-7-14-34/h4-5,8-12,15-16,18-19H,6-7,13-14,17H2,1-3H3,(H,30,36)(H,32,37). The Kier molecular flexibility index (Phi) is 6.90. The van der Waals surface area contributed by atoms with E-state index in [4.69, 9.17) is 4.98 Å². The number of anilines is 1. The number of nitrogens with one attached hydrogen (secondary N) is 2. The summed E-state index contributed by atoms with van der Waals surface area (Å²) in [6, 6.07) is 17.5. The first-order chi connectivity index (χ1) is 17.9. The molecule has 1 saturated heterocycles. The number of benzene rings is 2. The number of aryl methyl sites for hydroxylation is 1. The average molecular weight is 497 g/mol. The Labute approximate surface area is 216 Å². The Morgan fingerprint density at radius 3 is 2.57 bits per heavy atom. The second-order valence-corrected chi connectivity index (χ2v) is 9.80. The number of hydrogen-bond acceptors (Lipinski definition) is 4. The first-order valence-corrected chi connectivity index (χ1v) is 12.8. The lowest BCUT2D eigenvalue weighted by molar-refractivity contribution is 0.0952. The van der Waals surface area contributed by atoms with Crippen molar-refractivity contribution in [2.24, 2.45) is 0 Å². The van der Waals surface area contributed by atoms with Crippen molar-refractivity contribution in [3.8, 4) is 11.3 Å². The first-order valence-electron chi connectivity index (χ1n) is 12.8. The lowest BCUT2D eigenvalue weighted by Gasteiger charge is -2.16. The fourth-order valence-electron chi connectivity index (χ4n) is 4.74. The Morgan fingerprint density at radius 1 is 1.03 bits per heavy atom. The van der Waals surface area contributed by atoms with Gasteiger partial charge in [0.05, 0.1) is 22.8 Å². The lowest BCUT2D eigenvalue weighted by Crippen LogP contribution is -2.32. The molecule has 8 nitrogen and oxygen atoms in total. The fraction of sp³-hybridized carbons (Fsp3) is 0.310. The van der Waals surface area contributed by atoms with Gasteiger partial charge in [0.25, 0.3) is 5.91 Å². The van der Waals surface area contributed by atoms with Gasteiger partial charge < -0.3 is 15.5 Å². The molecule has 5 rings (SSSR count). The lowest BCUT2D eigenvalue weighted by atomic mass is 10.0. The van der Waals surface area contributed by atoms with Gasteiger partial charge in [-0.25, -0.2) is 14.5 Å². The number of amides is 3. The van der Waals surface area contributed by atoms with E-state index in [1.54, 1.807) is 6.20 Å². The van der Waals surface area contributed by atoms with Crippen LogP contribution in [-0.2, 0) is 6.54 Å². The van der Waals surface area contributed by atoms with Crippen LogP contribution in [0.5, 0.6) is 0 Å². The highest BCUT2D eigenvalue weighted by atomic mass is 16.2. The van der Waals surface area contributed by atoms with E-state index in [1.165, 1.54) is 0 Å². The molecule has 190 valence electrons. The molecule has 3 amide bonds. The van der Waals surface area contributed by atoms with Gasteiger partial charge in [0.1, 0.15) is 0 Å². The van der Waals surface area contributed by atoms with Crippen molar-refractivity contribution < 1.29 is 9.59 Å². The van der Waals surface area contributed by atoms with Gasteiger partial charge in [-0.3, -0.25) is 4.79 Å². The zero-order valence-electron chi connectivity index (χ0n) is 21.5. The number of hydrogen-bond donors (Lipinski definition) is 2. The number of carbonyl (C=O) groups excluding carboxylic acids is 2. The van der Waals surface area contributed by atoms with Gasteiger partial charge in [0, 0.05) is 36.9 Å². The summed E-state index contributed by atoms with van der Waals surface area (Å²) in [4.78, 5) is 32.6. The summed E-state index contributed by atoms with van der Waals surface area (Å²) in [5.74, 6) is -0.197. The van der Waals surface area contributed by atoms with Crippen LogP contribution in [0.4, 0.5) is 10.5 Å². The zero-order valence-corrected chi connectivity index (χ0v) is 21.5. The summed E-state index contributed by atoms with van der Waals surface area (Å²) in [6.07, 6.45) is 3.81. The van der Waals surface area contributed by atoms with Crippen LogP contribution in [0.15, 0.2) is 60.8 Å². The van der Waals surface area contributed by atoms with Gasteiger partial charge in [-0.2, -0.15) is 5.10 Å². The summed E-state index contributed by atoms with van der Waals surface area (Å²) < 4.78 is 1.85. The maximum atomic E-state index is 13.5. The Hall–Kier alpha value is -4.20. The van der Waals surface area contributed by atoms with Gasteiger partial charge in [-0.05, 0) is 62.9 Å². The summed E-state index contributed by atoms with van der Waals surface area (Å²) in [6.45, 7) is 8.04. The highest BCUT2D eigenvalue weighted by molar-refractivity contribution is 6.06. The number of carbonyl (C=O) groups is 2. The monoisotopic (exact) mass is 496 g/mol. The number of likely N-dealkylation sites (tertiary alicyclic amines) is 1. The molecule has 0 bridgehead atoms.